The summed E-state index contributed by atoms with van der Waals surface area (Å²) in [6, 6.07) is 18.9. The van der Waals surface area contributed by atoms with Crippen LogP contribution in [0.1, 0.15) is 5.56 Å². The van der Waals surface area contributed by atoms with E-state index < -0.39 is 0 Å². The quantitative estimate of drug-likeness (QED) is 0.706. The first kappa shape index (κ1) is 15.0. The van der Waals surface area contributed by atoms with E-state index in [9.17, 15) is 0 Å². The largest absolute Gasteiger partial charge is 0.340 e. The van der Waals surface area contributed by atoms with E-state index in [1.807, 2.05) is 42.5 Å². The summed E-state index contributed by atoms with van der Waals surface area (Å²) in [5.41, 5.74) is 2.14. The van der Waals surface area contributed by atoms with Crippen molar-refractivity contribution < 1.29 is 0 Å². The minimum atomic E-state index is 0.424. The smallest absolute Gasteiger partial charge is 0.229 e. The molecule has 0 aliphatic heterocycles. The summed E-state index contributed by atoms with van der Waals surface area (Å²) in [6.07, 6.45) is 1.66. The van der Waals surface area contributed by atoms with Crippen LogP contribution in [0, 0.1) is 11.3 Å². The molecule has 0 bridgehead atoms. The zero-order chi connectivity index (χ0) is 16.1. The van der Waals surface area contributed by atoms with Crippen molar-refractivity contribution in [1.29, 1.82) is 5.26 Å². The molecule has 6 heteroatoms. The average Bonchev–Trinajstić information content (AvgIpc) is 2.56. The van der Waals surface area contributed by atoms with E-state index in [0.717, 1.165) is 10.2 Å². The fourth-order valence-corrected chi connectivity index (χ4v) is 2.41. The zero-order valence-electron chi connectivity index (χ0n) is 12.0. The van der Waals surface area contributed by atoms with Crippen LogP contribution in [0.3, 0.4) is 0 Å². The number of rotatable bonds is 4. The Morgan fingerprint density at radius 3 is 2.70 bits per heavy atom. The number of benzene rings is 2. The number of hydrogen-bond acceptors (Lipinski definition) is 5. The Kier molecular flexibility index (Phi) is 4.50. The van der Waals surface area contributed by atoms with Crippen LogP contribution in [-0.2, 0) is 0 Å². The highest BCUT2D eigenvalue weighted by molar-refractivity contribution is 9.10. The number of hydrogen-bond donors (Lipinski definition) is 2. The molecule has 112 valence electrons. The third-order valence-corrected chi connectivity index (χ3v) is 3.54. The lowest BCUT2D eigenvalue weighted by Crippen LogP contribution is -2.01. The molecule has 0 unspecified atom stereocenters. The van der Waals surface area contributed by atoms with Crippen LogP contribution < -0.4 is 10.6 Å². The predicted octanol–water partition coefficient (Wildman–Crippen LogP) is 4.60. The second-order valence-corrected chi connectivity index (χ2v) is 5.60. The van der Waals surface area contributed by atoms with E-state index >= 15 is 0 Å². The summed E-state index contributed by atoms with van der Waals surface area (Å²) in [4.78, 5) is 8.60. The van der Waals surface area contributed by atoms with Gasteiger partial charge < -0.3 is 10.6 Å². The van der Waals surface area contributed by atoms with Crippen molar-refractivity contribution in [2.75, 3.05) is 10.6 Å². The lowest BCUT2D eigenvalue weighted by Gasteiger charge is -2.09. The molecular formula is C17H12BrN5. The van der Waals surface area contributed by atoms with Gasteiger partial charge in [0.15, 0.2) is 0 Å². The van der Waals surface area contributed by atoms with Gasteiger partial charge in [-0.05, 0) is 36.4 Å². The number of nitrogens with one attached hydrogen (secondary N) is 2. The van der Waals surface area contributed by atoms with Crippen LogP contribution in [0.25, 0.3) is 0 Å². The van der Waals surface area contributed by atoms with Crippen molar-refractivity contribution in [1.82, 2.24) is 9.97 Å². The first-order valence-electron chi connectivity index (χ1n) is 6.86. The van der Waals surface area contributed by atoms with Gasteiger partial charge in [-0.1, -0.05) is 34.1 Å². The molecule has 1 aromatic heterocycles. The van der Waals surface area contributed by atoms with Crippen molar-refractivity contribution in [3.05, 3.63) is 70.8 Å². The molecular weight excluding hydrogens is 354 g/mol. The Morgan fingerprint density at radius 1 is 1.00 bits per heavy atom. The van der Waals surface area contributed by atoms with Crippen molar-refractivity contribution in [3.8, 4) is 6.07 Å². The first-order valence-corrected chi connectivity index (χ1v) is 7.66. The van der Waals surface area contributed by atoms with E-state index in [4.69, 9.17) is 5.26 Å². The number of nitriles is 1. The summed E-state index contributed by atoms with van der Waals surface area (Å²) < 4.78 is 0.984. The number of para-hydroxylation sites is 1. The molecule has 23 heavy (non-hydrogen) atoms. The molecule has 0 radical (unpaired) electrons. The molecule has 0 aliphatic carbocycles. The van der Waals surface area contributed by atoms with Gasteiger partial charge in [0.05, 0.1) is 11.3 Å². The molecule has 3 rings (SSSR count). The number of aromatic nitrogens is 2. The van der Waals surface area contributed by atoms with Gasteiger partial charge in [-0.3, -0.25) is 0 Å². The van der Waals surface area contributed by atoms with Gasteiger partial charge in [-0.25, -0.2) is 4.98 Å². The standard InChI is InChI=1S/C17H12BrN5/c18-13-5-3-6-14(10-13)21-16-8-9-20-17(23-16)22-15-7-2-1-4-12(15)11-19/h1-10H,(H2,20,21,22,23). The minimum absolute atomic E-state index is 0.424. The Balaban J connectivity index is 1.81. The summed E-state index contributed by atoms with van der Waals surface area (Å²) in [6.45, 7) is 0. The van der Waals surface area contributed by atoms with Crippen LogP contribution in [0.15, 0.2) is 65.3 Å². The predicted molar refractivity (Wildman–Crippen MR) is 93.9 cm³/mol. The summed E-state index contributed by atoms with van der Waals surface area (Å²) in [5, 5.41) is 15.4. The summed E-state index contributed by atoms with van der Waals surface area (Å²) in [5.74, 6) is 1.09. The summed E-state index contributed by atoms with van der Waals surface area (Å²) >= 11 is 3.43. The molecule has 0 saturated carbocycles. The molecule has 0 atom stereocenters. The fraction of sp³-hybridized carbons (Fsp3) is 0. The number of halogens is 1. The highest BCUT2D eigenvalue weighted by Gasteiger charge is 2.04. The number of anilines is 4. The van der Waals surface area contributed by atoms with Crippen molar-refractivity contribution in [3.63, 3.8) is 0 Å². The Hall–Kier alpha value is -2.91. The van der Waals surface area contributed by atoms with E-state index in [2.05, 4.69) is 42.6 Å². The molecule has 2 N–H and O–H groups in total. The van der Waals surface area contributed by atoms with Crippen LogP contribution in [0.5, 0.6) is 0 Å². The van der Waals surface area contributed by atoms with Gasteiger partial charge in [0.25, 0.3) is 0 Å². The molecule has 5 nitrogen and oxygen atoms in total. The van der Waals surface area contributed by atoms with Gasteiger partial charge in [-0.15, -0.1) is 0 Å². The molecule has 3 aromatic rings. The Bertz CT molecular complexity index is 873. The highest BCUT2D eigenvalue weighted by atomic mass is 79.9. The first-order chi connectivity index (χ1) is 11.2. The highest BCUT2D eigenvalue weighted by Crippen LogP contribution is 2.21. The van der Waals surface area contributed by atoms with Crippen molar-refractivity contribution >= 4 is 39.1 Å². The lowest BCUT2D eigenvalue weighted by atomic mass is 10.2. The molecule has 0 saturated heterocycles. The van der Waals surface area contributed by atoms with Crippen molar-refractivity contribution in [2.45, 2.75) is 0 Å². The summed E-state index contributed by atoms with van der Waals surface area (Å²) in [7, 11) is 0. The number of nitrogens with zero attached hydrogens (tertiary/aromatic N) is 3. The molecule has 0 fully saturated rings. The van der Waals surface area contributed by atoms with Crippen LogP contribution in [0.4, 0.5) is 23.1 Å². The van der Waals surface area contributed by atoms with Crippen LogP contribution in [0.2, 0.25) is 0 Å². The topological polar surface area (TPSA) is 73.6 Å². The zero-order valence-corrected chi connectivity index (χ0v) is 13.6. The van der Waals surface area contributed by atoms with E-state index in [0.29, 0.717) is 23.0 Å². The third kappa shape index (κ3) is 3.84. The average molecular weight is 366 g/mol. The van der Waals surface area contributed by atoms with Gasteiger partial charge in [0.2, 0.25) is 5.95 Å². The van der Waals surface area contributed by atoms with Crippen LogP contribution in [-0.4, -0.2) is 9.97 Å². The second-order valence-electron chi connectivity index (χ2n) is 4.68. The lowest BCUT2D eigenvalue weighted by molar-refractivity contribution is 1.16. The molecule has 0 aliphatic rings. The molecule has 2 aromatic carbocycles. The van der Waals surface area contributed by atoms with E-state index in [1.54, 1.807) is 18.3 Å². The van der Waals surface area contributed by atoms with Gasteiger partial charge >= 0.3 is 0 Å². The maximum atomic E-state index is 9.12. The molecule has 1 heterocycles. The molecule has 0 spiro atoms. The van der Waals surface area contributed by atoms with E-state index in [-0.39, 0.29) is 0 Å². The monoisotopic (exact) mass is 365 g/mol. The minimum Gasteiger partial charge on any atom is -0.340 e. The fourth-order valence-electron chi connectivity index (χ4n) is 2.01. The Morgan fingerprint density at radius 2 is 1.87 bits per heavy atom. The molecule has 0 amide bonds. The van der Waals surface area contributed by atoms with Gasteiger partial charge in [0, 0.05) is 16.4 Å². The van der Waals surface area contributed by atoms with Crippen molar-refractivity contribution in [2.24, 2.45) is 0 Å². The normalized spacial score (nSPS) is 9.91. The van der Waals surface area contributed by atoms with Gasteiger partial charge in [0.1, 0.15) is 11.9 Å². The Labute approximate surface area is 142 Å². The SMILES string of the molecule is N#Cc1ccccc1Nc1nccc(Nc2cccc(Br)c2)n1. The second kappa shape index (κ2) is 6.90. The maximum absolute atomic E-state index is 9.12. The maximum Gasteiger partial charge on any atom is 0.229 e. The van der Waals surface area contributed by atoms with E-state index in [1.165, 1.54) is 0 Å². The van der Waals surface area contributed by atoms with Crippen LogP contribution >= 0.6 is 15.9 Å². The third-order valence-electron chi connectivity index (χ3n) is 3.05. The van der Waals surface area contributed by atoms with Gasteiger partial charge in [-0.2, -0.15) is 10.2 Å².